The number of H-pyrrole nitrogens is 1. The number of β-amino-alcohol motifs (C(OH)–C–C–N with tert-alkyl or cyclic N) is 2. The first-order valence-electron chi connectivity index (χ1n) is 4.51. The van der Waals surface area contributed by atoms with Gasteiger partial charge in [-0.25, -0.2) is 8.42 Å². The molecule has 1 aliphatic rings. The van der Waals surface area contributed by atoms with Gasteiger partial charge < -0.3 is 15.2 Å². The molecule has 0 spiro atoms. The van der Waals surface area contributed by atoms with Gasteiger partial charge in [-0.15, -0.1) is 0 Å². The van der Waals surface area contributed by atoms with Crippen molar-refractivity contribution in [2.45, 2.75) is 17.1 Å². The summed E-state index contributed by atoms with van der Waals surface area (Å²) >= 11 is 0. The van der Waals surface area contributed by atoms with Crippen molar-refractivity contribution in [3.63, 3.8) is 0 Å². The van der Waals surface area contributed by atoms with Crippen molar-refractivity contribution in [2.24, 2.45) is 0 Å². The summed E-state index contributed by atoms with van der Waals surface area (Å²) in [6.07, 6.45) is 0.875. The quantitative estimate of drug-likeness (QED) is 0.593. The maximum absolute atomic E-state index is 11.9. The van der Waals surface area contributed by atoms with Gasteiger partial charge in [0.2, 0.25) is 10.0 Å². The summed E-state index contributed by atoms with van der Waals surface area (Å²) in [4.78, 5) is 2.79. The fourth-order valence-electron chi connectivity index (χ4n) is 1.55. The second-order valence-electron chi connectivity index (χ2n) is 3.50. The zero-order chi connectivity index (χ0) is 11.1. The first kappa shape index (κ1) is 10.6. The van der Waals surface area contributed by atoms with Crippen molar-refractivity contribution in [1.82, 2.24) is 9.29 Å². The zero-order valence-corrected chi connectivity index (χ0v) is 8.68. The van der Waals surface area contributed by atoms with E-state index in [1.807, 2.05) is 0 Å². The summed E-state index contributed by atoms with van der Waals surface area (Å²) in [5.74, 6) is 0. The van der Waals surface area contributed by atoms with E-state index < -0.39 is 22.2 Å². The van der Waals surface area contributed by atoms with Gasteiger partial charge in [-0.3, -0.25) is 0 Å². The number of aromatic amines is 1. The first-order valence-corrected chi connectivity index (χ1v) is 5.95. The van der Waals surface area contributed by atoms with Crippen LogP contribution in [0.2, 0.25) is 0 Å². The molecule has 0 aromatic carbocycles. The predicted molar refractivity (Wildman–Crippen MR) is 51.6 cm³/mol. The normalized spacial score (nSPS) is 28.4. The van der Waals surface area contributed by atoms with Crippen LogP contribution in [0.25, 0.3) is 0 Å². The molecule has 15 heavy (non-hydrogen) atoms. The summed E-state index contributed by atoms with van der Waals surface area (Å²) in [5.41, 5.74) is 0. The second kappa shape index (κ2) is 3.60. The van der Waals surface area contributed by atoms with E-state index in [1.54, 1.807) is 0 Å². The minimum atomic E-state index is -3.58. The molecule has 2 heterocycles. The largest absolute Gasteiger partial charge is 0.389 e. The predicted octanol–water partition coefficient (Wildman–Crippen LogP) is -1.26. The van der Waals surface area contributed by atoms with Gasteiger partial charge in [-0.2, -0.15) is 4.31 Å². The summed E-state index contributed by atoms with van der Waals surface area (Å²) < 4.78 is 24.8. The van der Waals surface area contributed by atoms with E-state index >= 15 is 0 Å². The van der Waals surface area contributed by atoms with Crippen LogP contribution in [-0.2, 0) is 10.0 Å². The Hall–Kier alpha value is -0.890. The number of sulfonamides is 1. The average molecular weight is 232 g/mol. The summed E-state index contributed by atoms with van der Waals surface area (Å²) in [6.45, 7) is -0.122. The lowest BCUT2D eigenvalue weighted by Crippen LogP contribution is -2.29. The summed E-state index contributed by atoms with van der Waals surface area (Å²) in [7, 11) is -3.58. The molecule has 0 radical (unpaired) electrons. The van der Waals surface area contributed by atoms with Crippen LogP contribution in [0.4, 0.5) is 0 Å². The molecular formula is C8H12N2O4S. The van der Waals surface area contributed by atoms with Crippen molar-refractivity contribution >= 4 is 10.0 Å². The SMILES string of the molecule is O=S(=O)(c1cc[nH]c1)N1CC(O)C(O)C1. The van der Waals surface area contributed by atoms with E-state index in [9.17, 15) is 18.6 Å². The Morgan fingerprint density at radius 1 is 1.33 bits per heavy atom. The van der Waals surface area contributed by atoms with Crippen LogP contribution in [0.1, 0.15) is 0 Å². The lowest BCUT2D eigenvalue weighted by Gasteiger charge is -2.13. The molecule has 3 N–H and O–H groups in total. The number of aliphatic hydroxyl groups is 2. The van der Waals surface area contributed by atoms with Gasteiger partial charge in [0.15, 0.2) is 0 Å². The zero-order valence-electron chi connectivity index (χ0n) is 7.87. The Morgan fingerprint density at radius 3 is 2.40 bits per heavy atom. The minimum absolute atomic E-state index is 0.0608. The van der Waals surface area contributed by atoms with E-state index in [0.717, 1.165) is 4.31 Å². The fraction of sp³-hybridized carbons (Fsp3) is 0.500. The molecule has 0 bridgehead atoms. The van der Waals surface area contributed by atoms with Crippen LogP contribution in [0, 0.1) is 0 Å². The molecule has 7 heteroatoms. The molecule has 0 amide bonds. The highest BCUT2D eigenvalue weighted by atomic mass is 32.2. The van der Waals surface area contributed by atoms with Gasteiger partial charge in [0.25, 0.3) is 0 Å². The first-order chi connectivity index (χ1) is 7.01. The van der Waals surface area contributed by atoms with Gasteiger partial charge in [0.1, 0.15) is 0 Å². The highest BCUT2D eigenvalue weighted by Crippen LogP contribution is 2.20. The molecule has 1 fully saturated rings. The van der Waals surface area contributed by atoms with Gasteiger partial charge >= 0.3 is 0 Å². The van der Waals surface area contributed by atoms with E-state index in [4.69, 9.17) is 0 Å². The minimum Gasteiger partial charge on any atom is -0.389 e. The molecular weight excluding hydrogens is 220 g/mol. The molecule has 84 valence electrons. The molecule has 0 saturated carbocycles. The van der Waals surface area contributed by atoms with Crippen molar-refractivity contribution in [3.05, 3.63) is 18.5 Å². The molecule has 1 aromatic heterocycles. The third kappa shape index (κ3) is 1.78. The van der Waals surface area contributed by atoms with Crippen LogP contribution < -0.4 is 0 Å². The standard InChI is InChI=1S/C8H12N2O4S/c11-7-4-10(5-8(7)12)15(13,14)6-1-2-9-3-6/h1-3,7-9,11-12H,4-5H2. The smallest absolute Gasteiger partial charge is 0.244 e. The molecule has 0 aliphatic carbocycles. The number of rotatable bonds is 2. The van der Waals surface area contributed by atoms with Crippen molar-refractivity contribution in [3.8, 4) is 0 Å². The van der Waals surface area contributed by atoms with Crippen molar-refractivity contribution in [2.75, 3.05) is 13.1 Å². The molecule has 2 rings (SSSR count). The Morgan fingerprint density at radius 2 is 1.93 bits per heavy atom. The van der Waals surface area contributed by atoms with E-state index in [-0.39, 0.29) is 18.0 Å². The molecule has 1 saturated heterocycles. The summed E-state index contributed by atoms with van der Waals surface area (Å²) in [5, 5.41) is 18.5. The van der Waals surface area contributed by atoms with Crippen molar-refractivity contribution < 1.29 is 18.6 Å². The Kier molecular flexibility index (Phi) is 2.55. The maximum Gasteiger partial charge on any atom is 0.244 e. The number of hydrogen-bond acceptors (Lipinski definition) is 4. The fourth-order valence-corrected chi connectivity index (χ4v) is 3.00. The van der Waals surface area contributed by atoms with Crippen LogP contribution in [0.5, 0.6) is 0 Å². The van der Waals surface area contributed by atoms with Crippen LogP contribution in [0.3, 0.4) is 0 Å². The van der Waals surface area contributed by atoms with Crippen LogP contribution in [0.15, 0.2) is 23.4 Å². The number of aliphatic hydroxyl groups excluding tert-OH is 2. The van der Waals surface area contributed by atoms with E-state index in [2.05, 4.69) is 4.98 Å². The lowest BCUT2D eigenvalue weighted by molar-refractivity contribution is 0.0572. The third-order valence-electron chi connectivity index (χ3n) is 2.43. The van der Waals surface area contributed by atoms with Crippen molar-refractivity contribution in [1.29, 1.82) is 0 Å². The van der Waals surface area contributed by atoms with Gasteiger partial charge in [0.05, 0.1) is 17.1 Å². The highest BCUT2D eigenvalue weighted by Gasteiger charge is 2.37. The number of nitrogens with zero attached hydrogens (tertiary/aromatic N) is 1. The van der Waals surface area contributed by atoms with Gasteiger partial charge in [-0.1, -0.05) is 0 Å². The molecule has 2 unspecified atom stereocenters. The average Bonchev–Trinajstić information content (AvgIpc) is 2.77. The molecule has 6 nitrogen and oxygen atoms in total. The lowest BCUT2D eigenvalue weighted by atomic mass is 10.3. The summed E-state index contributed by atoms with van der Waals surface area (Å²) in [6, 6.07) is 1.44. The highest BCUT2D eigenvalue weighted by molar-refractivity contribution is 7.89. The second-order valence-corrected chi connectivity index (χ2v) is 5.44. The van der Waals surface area contributed by atoms with E-state index in [1.165, 1.54) is 18.5 Å². The topological polar surface area (TPSA) is 93.6 Å². The molecule has 1 aliphatic heterocycles. The van der Waals surface area contributed by atoms with Crippen LogP contribution >= 0.6 is 0 Å². The Bertz CT molecular complexity index is 418. The molecule has 2 atom stereocenters. The maximum atomic E-state index is 11.9. The van der Waals surface area contributed by atoms with Gasteiger partial charge in [-0.05, 0) is 6.07 Å². The number of aromatic nitrogens is 1. The van der Waals surface area contributed by atoms with Crippen LogP contribution in [-0.4, -0.2) is 53.2 Å². The Balaban J connectivity index is 2.25. The third-order valence-corrected chi connectivity index (χ3v) is 4.26. The number of nitrogens with one attached hydrogen (secondary N) is 1. The number of hydrogen-bond donors (Lipinski definition) is 3. The van der Waals surface area contributed by atoms with Gasteiger partial charge in [0, 0.05) is 25.5 Å². The van der Waals surface area contributed by atoms with E-state index in [0.29, 0.717) is 0 Å². The molecule has 1 aromatic rings. The monoisotopic (exact) mass is 232 g/mol. The Labute approximate surface area is 87.2 Å².